The summed E-state index contributed by atoms with van der Waals surface area (Å²) in [6.07, 6.45) is 16.4. The average molecular weight is 1120 g/mol. The second kappa shape index (κ2) is 31.6. The van der Waals surface area contributed by atoms with Crippen molar-refractivity contribution in [2.45, 2.75) is 329 Å². The lowest BCUT2D eigenvalue weighted by atomic mass is 9.46. The predicted octanol–water partition coefficient (Wildman–Crippen LogP) is 17.8. The molecule has 0 radical (unpaired) electrons. The van der Waals surface area contributed by atoms with E-state index >= 15 is 0 Å². The standard InChI is InChI=1S/C19H32O2.C16H26O4.C13H18O4.C6H12O2.12CH4/c1-6-17(2,3)16(20)21-18(4,5)19-10-13-7-14(11-19)9-15(8-13)12-19;1-4-13(2,3)12(17)20-16-7-11-5-14(18,9-16)8-15(19,6-11)10-16;1-3-6(2)12(14)16-10-7-4-8-9(5-7)13(15)17-11(8)10;1-4-6(2,3)5(7)8;;;;;;;;;;;;/h13-15H,6-12H2,1-5H3;11,18-19H,4-10H2,1-3H3;6-11H,3-5H2,1-2H3;4H2,1-3H3,(H,7,8);12*1H4. The second-order valence-electron chi connectivity index (χ2n) is 25.8. The fourth-order valence-corrected chi connectivity index (χ4v) is 13.9. The number of carboxylic acids is 1. The van der Waals surface area contributed by atoms with Crippen molar-refractivity contribution in [1.82, 2.24) is 0 Å². The van der Waals surface area contributed by atoms with Gasteiger partial charge in [0.2, 0.25) is 0 Å². The number of hydrogen-bond donors (Lipinski definition) is 3. The quantitative estimate of drug-likeness (QED) is 0.124. The second-order valence-corrected chi connectivity index (χ2v) is 25.8. The van der Waals surface area contributed by atoms with Crippen LogP contribution < -0.4 is 0 Å². The highest BCUT2D eigenvalue weighted by Crippen LogP contribution is 2.65. The number of rotatable bonds is 12. The molecule has 1 aliphatic heterocycles. The maximum Gasteiger partial charge on any atom is 0.312 e. The van der Waals surface area contributed by atoms with E-state index in [-0.39, 0.29) is 159 Å². The summed E-state index contributed by atoms with van der Waals surface area (Å²) < 4.78 is 22.9. The summed E-state index contributed by atoms with van der Waals surface area (Å²) in [5, 5.41) is 29.8. The first-order valence-electron chi connectivity index (χ1n) is 25.9. The smallest absolute Gasteiger partial charge is 0.312 e. The molecule has 8 atom stereocenters. The van der Waals surface area contributed by atoms with Gasteiger partial charge in [-0.05, 0) is 175 Å². The van der Waals surface area contributed by atoms with Crippen molar-refractivity contribution in [3.63, 3.8) is 0 Å². The average Bonchev–Trinajstić information content (AvgIpc) is 3.84. The van der Waals surface area contributed by atoms with Gasteiger partial charge in [-0.2, -0.15) is 0 Å². The van der Waals surface area contributed by atoms with Gasteiger partial charge in [-0.15, -0.1) is 0 Å². The number of aliphatic hydroxyl groups is 2. The van der Waals surface area contributed by atoms with Gasteiger partial charge >= 0.3 is 29.8 Å². The third-order valence-electron chi connectivity index (χ3n) is 18.9. The Balaban J connectivity index is -0.000000170. The van der Waals surface area contributed by atoms with Crippen molar-refractivity contribution in [3.05, 3.63) is 0 Å². The minimum absolute atomic E-state index is 0. The van der Waals surface area contributed by atoms with Gasteiger partial charge in [-0.1, -0.05) is 124 Å². The van der Waals surface area contributed by atoms with E-state index in [0.29, 0.717) is 37.5 Å². The van der Waals surface area contributed by atoms with Crippen molar-refractivity contribution < 1.29 is 58.2 Å². The molecular weight excluding hydrogens is 985 g/mol. The Labute approximate surface area is 484 Å². The van der Waals surface area contributed by atoms with Gasteiger partial charge in [0.15, 0.2) is 0 Å². The Kier molecular flexibility index (Phi) is 36.1. The molecule has 10 aliphatic carbocycles. The van der Waals surface area contributed by atoms with E-state index in [2.05, 4.69) is 20.8 Å². The van der Waals surface area contributed by atoms with E-state index in [4.69, 9.17) is 24.1 Å². The molecule has 0 aromatic rings. The van der Waals surface area contributed by atoms with E-state index in [1.54, 1.807) is 13.8 Å². The SMILES string of the molecule is C.C.C.C.C.C.C.C.C.C.C.C.CCC(C)(C)C(=O)O.CCC(C)(C)C(=O)OC(C)(C)C12CC3CC(CC(C3)C1)C2.CCC(C)(C)C(=O)OC12CC3CC(O)(CC(O)(C3)C1)C2.CCC(C)C(=O)OC1C2CC3C(=O)OC1C3C2. The molecule has 11 aliphatic rings. The molecule has 0 spiro atoms. The van der Waals surface area contributed by atoms with Crippen LogP contribution >= 0.6 is 0 Å². The van der Waals surface area contributed by atoms with Gasteiger partial charge in [0.05, 0.1) is 39.3 Å². The molecule has 472 valence electrons. The first-order chi connectivity index (χ1) is 30.4. The number of aliphatic carboxylic acids is 1. The number of carbonyl (C=O) groups excluding carboxylic acids is 4. The minimum atomic E-state index is -0.842. The molecule has 1 saturated heterocycles. The largest absolute Gasteiger partial charge is 0.481 e. The maximum atomic E-state index is 12.6. The molecule has 10 bridgehead atoms. The van der Waals surface area contributed by atoms with Crippen LogP contribution in [0, 0.1) is 69.0 Å². The Bertz CT molecular complexity index is 1780. The van der Waals surface area contributed by atoms with Crippen molar-refractivity contribution in [2.75, 3.05) is 0 Å². The molecule has 0 aromatic heterocycles. The Morgan fingerprint density at radius 2 is 1.01 bits per heavy atom. The van der Waals surface area contributed by atoms with Crippen LogP contribution in [0.4, 0.5) is 0 Å². The number of fused-ring (bicyclic) bond motifs is 1. The third-order valence-corrected chi connectivity index (χ3v) is 18.9. The normalized spacial score (nSPS) is 33.0. The van der Waals surface area contributed by atoms with Crippen LogP contribution in [0.3, 0.4) is 0 Å². The zero-order valence-electron chi connectivity index (χ0n) is 43.0. The summed E-state index contributed by atoms with van der Waals surface area (Å²) in [5.74, 6) is 2.48. The van der Waals surface area contributed by atoms with E-state index in [9.17, 15) is 34.2 Å². The fourth-order valence-electron chi connectivity index (χ4n) is 13.9. The molecule has 0 aromatic carbocycles. The molecule has 78 heavy (non-hydrogen) atoms. The van der Waals surface area contributed by atoms with Gasteiger partial charge in [-0.25, -0.2) is 0 Å². The lowest BCUT2D eigenvalue weighted by Crippen LogP contribution is -2.67. The summed E-state index contributed by atoms with van der Waals surface area (Å²) in [7, 11) is 0. The molecule has 0 amide bonds. The van der Waals surface area contributed by atoms with E-state index in [1.807, 2.05) is 55.4 Å². The lowest BCUT2D eigenvalue weighted by Gasteiger charge is -2.62. The van der Waals surface area contributed by atoms with Gasteiger partial charge in [0, 0.05) is 36.5 Å². The molecule has 12 heteroatoms. The molecule has 1 heterocycles. The van der Waals surface area contributed by atoms with Crippen LogP contribution in [-0.2, 0) is 42.9 Å². The van der Waals surface area contributed by atoms with Crippen molar-refractivity contribution >= 4 is 29.8 Å². The molecule has 11 rings (SSSR count). The Hall–Kier alpha value is -2.73. The first-order valence-corrected chi connectivity index (χ1v) is 25.9. The number of ether oxygens (including phenoxy) is 4. The van der Waals surface area contributed by atoms with Crippen LogP contribution in [0.5, 0.6) is 0 Å². The van der Waals surface area contributed by atoms with Crippen LogP contribution in [0.2, 0.25) is 0 Å². The highest BCUT2D eigenvalue weighted by molar-refractivity contribution is 5.78. The van der Waals surface area contributed by atoms with Crippen molar-refractivity contribution in [2.24, 2.45) is 69.0 Å². The van der Waals surface area contributed by atoms with Crippen LogP contribution in [0.25, 0.3) is 0 Å². The number of esters is 4. The van der Waals surface area contributed by atoms with E-state index in [0.717, 1.165) is 69.1 Å². The summed E-state index contributed by atoms with van der Waals surface area (Å²) in [5.41, 5.74) is -3.80. The number of hydrogen-bond acceptors (Lipinski definition) is 11. The molecular formula is C66H136O12. The van der Waals surface area contributed by atoms with Gasteiger partial charge in [0.1, 0.15) is 23.4 Å². The fraction of sp³-hybridized carbons (Fsp3) is 0.924. The number of carbonyl (C=O) groups is 5. The summed E-state index contributed by atoms with van der Waals surface area (Å²) in [6.45, 7) is 25.3. The van der Waals surface area contributed by atoms with Crippen molar-refractivity contribution in [1.29, 1.82) is 0 Å². The monoisotopic (exact) mass is 1120 g/mol. The van der Waals surface area contributed by atoms with Gasteiger partial charge in [-0.3, -0.25) is 24.0 Å². The topological polar surface area (TPSA) is 183 Å². The molecule has 8 unspecified atom stereocenters. The molecule has 11 fully saturated rings. The predicted molar refractivity (Wildman–Crippen MR) is 330 cm³/mol. The van der Waals surface area contributed by atoms with Gasteiger partial charge < -0.3 is 34.3 Å². The zero-order valence-corrected chi connectivity index (χ0v) is 43.0. The zero-order chi connectivity index (χ0) is 49.2. The summed E-state index contributed by atoms with van der Waals surface area (Å²) >= 11 is 0. The number of carboxylic acid groups (broad SMARTS) is 1. The van der Waals surface area contributed by atoms with E-state index in [1.165, 1.54) is 38.5 Å². The minimum Gasteiger partial charge on any atom is -0.481 e. The third kappa shape index (κ3) is 18.1. The van der Waals surface area contributed by atoms with Crippen LogP contribution in [0.1, 0.15) is 295 Å². The maximum absolute atomic E-state index is 12.6. The molecule has 3 N–H and O–H groups in total. The summed E-state index contributed by atoms with van der Waals surface area (Å²) in [6, 6.07) is 0. The lowest BCUT2D eigenvalue weighted by molar-refractivity contribution is -0.264. The van der Waals surface area contributed by atoms with Crippen LogP contribution in [0.15, 0.2) is 0 Å². The molecule has 12 nitrogen and oxygen atoms in total. The summed E-state index contributed by atoms with van der Waals surface area (Å²) in [4.78, 5) is 58.6. The first kappa shape index (κ1) is 89.1. The highest BCUT2D eigenvalue weighted by atomic mass is 16.6. The Morgan fingerprint density at radius 3 is 1.38 bits per heavy atom. The molecule has 10 saturated carbocycles. The van der Waals surface area contributed by atoms with E-state index < -0.39 is 33.6 Å². The van der Waals surface area contributed by atoms with Crippen LogP contribution in [-0.4, -0.2) is 79.8 Å². The Morgan fingerprint density at radius 1 is 0.590 bits per heavy atom. The highest BCUT2D eigenvalue weighted by Gasteiger charge is 2.66. The van der Waals surface area contributed by atoms with Gasteiger partial charge in [0.25, 0.3) is 0 Å². The van der Waals surface area contributed by atoms with Crippen molar-refractivity contribution in [3.8, 4) is 0 Å².